The molecule has 6 rings (SSSR count). The largest absolute Gasteiger partial charge is 0.459 e. The van der Waals surface area contributed by atoms with E-state index in [2.05, 4.69) is 10.3 Å². The van der Waals surface area contributed by atoms with Gasteiger partial charge in [0.25, 0.3) is 0 Å². The number of benzene rings is 3. The Morgan fingerprint density at radius 1 is 0.842 bits per heavy atom. The summed E-state index contributed by atoms with van der Waals surface area (Å²) < 4.78 is 12.4. The van der Waals surface area contributed by atoms with Crippen LogP contribution in [0.1, 0.15) is 23.5 Å². The summed E-state index contributed by atoms with van der Waals surface area (Å²) in [7, 11) is 0. The van der Waals surface area contributed by atoms with Crippen molar-refractivity contribution in [3.63, 3.8) is 0 Å². The Kier molecular flexibility index (Phi) is 6.77. The van der Waals surface area contributed by atoms with Crippen molar-refractivity contribution in [2.75, 3.05) is 4.90 Å². The number of thiocarbonyl (C=S) groups is 1. The Morgan fingerprint density at radius 2 is 1.61 bits per heavy atom. The predicted octanol–water partition coefficient (Wildman–Crippen LogP) is 8.62. The van der Waals surface area contributed by atoms with Gasteiger partial charge in [-0.1, -0.05) is 47.5 Å². The molecule has 1 N–H and O–H groups in total. The van der Waals surface area contributed by atoms with Gasteiger partial charge in [-0.25, -0.2) is 0 Å². The number of pyridine rings is 1. The number of aromatic nitrogens is 1. The highest BCUT2D eigenvalue weighted by atomic mass is 35.5. The van der Waals surface area contributed by atoms with Gasteiger partial charge in [-0.15, -0.1) is 0 Å². The molecule has 1 fully saturated rings. The van der Waals surface area contributed by atoms with Crippen molar-refractivity contribution in [1.29, 1.82) is 0 Å². The third-order valence-corrected chi connectivity index (χ3v) is 7.17. The van der Waals surface area contributed by atoms with Crippen molar-refractivity contribution >= 4 is 46.2 Å². The van der Waals surface area contributed by atoms with Gasteiger partial charge < -0.3 is 19.4 Å². The first-order chi connectivity index (χ1) is 18.6. The second kappa shape index (κ2) is 10.5. The number of furan rings is 1. The summed E-state index contributed by atoms with van der Waals surface area (Å²) in [5, 5.41) is 5.11. The van der Waals surface area contributed by atoms with Crippen LogP contribution >= 0.6 is 35.4 Å². The van der Waals surface area contributed by atoms with Gasteiger partial charge in [-0.05, 0) is 91.1 Å². The molecule has 0 amide bonds. The number of hydrogen-bond donors (Lipinski definition) is 1. The second-order valence-corrected chi connectivity index (χ2v) is 9.96. The van der Waals surface area contributed by atoms with Crippen molar-refractivity contribution in [2.24, 2.45) is 0 Å². The van der Waals surface area contributed by atoms with Crippen molar-refractivity contribution in [2.45, 2.75) is 12.1 Å². The molecule has 0 radical (unpaired) electrons. The maximum absolute atomic E-state index is 6.47. The first kappa shape index (κ1) is 24.5. The molecule has 38 heavy (non-hydrogen) atoms. The van der Waals surface area contributed by atoms with E-state index in [1.54, 1.807) is 18.3 Å². The van der Waals surface area contributed by atoms with E-state index in [1.165, 1.54) is 0 Å². The molecule has 0 aliphatic carbocycles. The Hall–Kier alpha value is -3.84. The van der Waals surface area contributed by atoms with Gasteiger partial charge in [0.15, 0.2) is 5.11 Å². The van der Waals surface area contributed by atoms with Crippen LogP contribution in [0.2, 0.25) is 10.0 Å². The Morgan fingerprint density at radius 3 is 2.34 bits per heavy atom. The molecular formula is C30H21Cl2N3O2S. The molecular weight excluding hydrogens is 537 g/mol. The van der Waals surface area contributed by atoms with E-state index in [-0.39, 0.29) is 12.1 Å². The van der Waals surface area contributed by atoms with Crippen LogP contribution in [0.15, 0.2) is 114 Å². The maximum Gasteiger partial charge on any atom is 0.174 e. The first-order valence-electron chi connectivity index (χ1n) is 12.0. The molecule has 0 spiro atoms. The van der Waals surface area contributed by atoms with Gasteiger partial charge in [0.1, 0.15) is 29.1 Å². The lowest BCUT2D eigenvalue weighted by Gasteiger charge is -2.26. The summed E-state index contributed by atoms with van der Waals surface area (Å²) in [5.74, 6) is 2.87. The number of rotatable bonds is 6. The molecule has 0 saturated carbocycles. The highest BCUT2D eigenvalue weighted by Gasteiger charge is 2.42. The molecule has 3 heterocycles. The van der Waals surface area contributed by atoms with Gasteiger partial charge >= 0.3 is 0 Å². The van der Waals surface area contributed by atoms with Crippen molar-refractivity contribution < 1.29 is 9.15 Å². The third kappa shape index (κ3) is 4.86. The monoisotopic (exact) mass is 557 g/mol. The average Bonchev–Trinajstić information content (AvgIpc) is 3.55. The highest BCUT2D eigenvalue weighted by molar-refractivity contribution is 7.80. The lowest BCUT2D eigenvalue weighted by Crippen LogP contribution is -2.29. The molecule has 8 heteroatoms. The van der Waals surface area contributed by atoms with Crippen LogP contribution in [0.4, 0.5) is 5.69 Å². The van der Waals surface area contributed by atoms with Gasteiger partial charge in [-0.2, -0.15) is 0 Å². The van der Waals surface area contributed by atoms with Gasteiger partial charge in [0, 0.05) is 22.5 Å². The number of anilines is 1. The van der Waals surface area contributed by atoms with Crippen LogP contribution in [-0.4, -0.2) is 10.1 Å². The number of nitrogens with zero attached hydrogens (tertiary/aromatic N) is 2. The summed E-state index contributed by atoms with van der Waals surface area (Å²) in [4.78, 5) is 6.65. The van der Waals surface area contributed by atoms with Gasteiger partial charge in [0.05, 0.1) is 16.8 Å². The van der Waals surface area contributed by atoms with Crippen LogP contribution < -0.4 is 15.0 Å². The summed E-state index contributed by atoms with van der Waals surface area (Å²) in [5.41, 5.74) is 2.52. The molecule has 5 nitrogen and oxygen atoms in total. The summed E-state index contributed by atoms with van der Waals surface area (Å²) >= 11 is 18.4. The second-order valence-electron chi connectivity index (χ2n) is 8.73. The Balaban J connectivity index is 1.37. The normalized spacial score (nSPS) is 16.9. The summed E-state index contributed by atoms with van der Waals surface area (Å²) in [6.45, 7) is 0. The number of para-hydroxylation sites is 1. The number of ether oxygens (including phenoxy) is 1. The lowest BCUT2D eigenvalue weighted by molar-refractivity contribution is 0.439. The maximum atomic E-state index is 6.47. The molecule has 5 aromatic rings. The molecule has 1 aliphatic rings. The fourth-order valence-corrected chi connectivity index (χ4v) is 5.41. The molecule has 3 aromatic carbocycles. The third-order valence-electron chi connectivity index (χ3n) is 6.31. The SMILES string of the molecule is S=C1N[C@@H](c2ccccn2)[C@@H](c2ccc(-c3ccc(Cl)cc3Cl)o2)N1c1ccc(Oc2ccccc2)cc1. The molecule has 188 valence electrons. The summed E-state index contributed by atoms with van der Waals surface area (Å²) in [6, 6.07) is 32.0. The van der Waals surface area contributed by atoms with E-state index in [1.807, 2.05) is 95.9 Å². The van der Waals surface area contributed by atoms with Crippen LogP contribution in [0, 0.1) is 0 Å². The minimum absolute atomic E-state index is 0.233. The van der Waals surface area contributed by atoms with Gasteiger partial charge in [-0.3, -0.25) is 4.98 Å². The number of halogens is 2. The highest BCUT2D eigenvalue weighted by Crippen LogP contribution is 2.44. The average molecular weight is 558 g/mol. The molecule has 2 atom stereocenters. The fourth-order valence-electron chi connectivity index (χ4n) is 4.57. The molecule has 0 bridgehead atoms. The topological polar surface area (TPSA) is 50.5 Å². The first-order valence-corrected chi connectivity index (χ1v) is 13.1. The van der Waals surface area contributed by atoms with E-state index >= 15 is 0 Å². The van der Waals surface area contributed by atoms with E-state index in [0.717, 1.165) is 34.2 Å². The quantitative estimate of drug-likeness (QED) is 0.211. The summed E-state index contributed by atoms with van der Waals surface area (Å²) in [6.07, 6.45) is 1.77. The van der Waals surface area contributed by atoms with E-state index < -0.39 is 0 Å². The molecule has 0 unspecified atom stereocenters. The van der Waals surface area contributed by atoms with E-state index in [9.17, 15) is 0 Å². The molecule has 1 aliphatic heterocycles. The minimum atomic E-state index is -0.293. The predicted molar refractivity (Wildman–Crippen MR) is 155 cm³/mol. The smallest absolute Gasteiger partial charge is 0.174 e. The standard InChI is InChI=1S/C30H21Cl2N3O2S/c31-19-9-14-23(24(32)18-19)26-15-16-27(37-26)29-28(25-8-4-5-17-33-25)34-30(38)35(29)20-10-12-22(13-11-20)36-21-6-2-1-3-7-21/h1-18,28-29H,(H,34,38)/t28-,29+/m0/s1. The van der Waals surface area contributed by atoms with Crippen molar-refractivity contribution in [1.82, 2.24) is 10.3 Å². The van der Waals surface area contributed by atoms with Crippen molar-refractivity contribution in [3.8, 4) is 22.8 Å². The van der Waals surface area contributed by atoms with Crippen LogP contribution in [0.5, 0.6) is 11.5 Å². The minimum Gasteiger partial charge on any atom is -0.459 e. The van der Waals surface area contributed by atoms with Crippen LogP contribution in [0.3, 0.4) is 0 Å². The number of hydrogen-bond acceptors (Lipinski definition) is 4. The van der Waals surface area contributed by atoms with E-state index in [0.29, 0.717) is 20.9 Å². The van der Waals surface area contributed by atoms with Gasteiger partial charge in [0.2, 0.25) is 0 Å². The molecule has 2 aromatic heterocycles. The zero-order chi connectivity index (χ0) is 26.1. The molecule has 1 saturated heterocycles. The Labute approximate surface area is 235 Å². The number of nitrogens with one attached hydrogen (secondary N) is 1. The lowest BCUT2D eigenvalue weighted by atomic mass is 10.0. The van der Waals surface area contributed by atoms with Crippen LogP contribution in [0.25, 0.3) is 11.3 Å². The zero-order valence-corrected chi connectivity index (χ0v) is 22.3. The van der Waals surface area contributed by atoms with E-state index in [4.69, 9.17) is 44.6 Å². The van der Waals surface area contributed by atoms with Crippen LogP contribution in [-0.2, 0) is 0 Å². The Bertz CT molecular complexity index is 1580. The van der Waals surface area contributed by atoms with Crippen molar-refractivity contribution in [3.05, 3.63) is 131 Å². The zero-order valence-electron chi connectivity index (χ0n) is 19.9. The fraction of sp³-hybridized carbons (Fsp3) is 0.0667.